The lowest BCUT2D eigenvalue weighted by Crippen LogP contribution is -2.49. The van der Waals surface area contributed by atoms with Gasteiger partial charge in [-0.2, -0.15) is 17.5 Å². The highest BCUT2D eigenvalue weighted by atomic mass is 32.2. The number of sulfonamides is 1. The van der Waals surface area contributed by atoms with Gasteiger partial charge in [-0.15, -0.1) is 0 Å². The zero-order chi connectivity index (χ0) is 19.0. The predicted octanol–water partition coefficient (Wildman–Crippen LogP) is 2.59. The van der Waals surface area contributed by atoms with Crippen LogP contribution in [0.2, 0.25) is 0 Å². The number of nitrogens with zero attached hydrogens (tertiary/aromatic N) is 1. The molecule has 1 N–H and O–H groups in total. The van der Waals surface area contributed by atoms with Crippen molar-refractivity contribution in [2.75, 3.05) is 13.7 Å². The maximum absolute atomic E-state index is 13.0. The lowest BCUT2D eigenvalue weighted by atomic mass is 9.92. The monoisotopic (exact) mass is 381 g/mol. The lowest BCUT2D eigenvalue weighted by Gasteiger charge is -2.36. The normalized spacial score (nSPS) is 22.6. The van der Waals surface area contributed by atoms with Crippen LogP contribution in [0.25, 0.3) is 0 Å². The second-order valence-corrected chi connectivity index (χ2v) is 7.73. The summed E-state index contributed by atoms with van der Waals surface area (Å²) in [6, 6.07) is 1.38. The molecule has 2 rings (SSSR count). The number of aliphatic carboxylic acids is 1. The molecular weight excluding hydrogens is 363 g/mol. The molecule has 0 bridgehead atoms. The number of ether oxygens (including phenoxy) is 1. The SMILES string of the molecule is COc1cc(C(F)(F)F)cc(S(=O)(=O)N2CCC[C@H](C(=O)O)[C@@H]2C)c1. The van der Waals surface area contributed by atoms with Gasteiger partial charge in [-0.05, 0) is 31.9 Å². The first-order valence-corrected chi connectivity index (χ1v) is 8.93. The number of hydrogen-bond donors (Lipinski definition) is 1. The zero-order valence-electron chi connectivity index (χ0n) is 13.6. The summed E-state index contributed by atoms with van der Waals surface area (Å²) in [4.78, 5) is 10.7. The summed E-state index contributed by atoms with van der Waals surface area (Å²) in [7, 11) is -3.17. The summed E-state index contributed by atoms with van der Waals surface area (Å²) in [6.45, 7) is 1.49. The summed E-state index contributed by atoms with van der Waals surface area (Å²) in [5.74, 6) is -2.28. The van der Waals surface area contributed by atoms with Gasteiger partial charge in [0.15, 0.2) is 0 Å². The highest BCUT2D eigenvalue weighted by Gasteiger charge is 2.41. The minimum atomic E-state index is -4.74. The van der Waals surface area contributed by atoms with E-state index in [1.807, 2.05) is 0 Å². The standard InChI is InChI=1S/C15H18F3NO5S/c1-9-13(14(20)21)4-3-5-19(9)25(22,23)12-7-10(15(16,17)18)6-11(8-12)24-2/h6-9,13H,3-5H2,1-2H3,(H,20,21)/t9-,13-/m0/s1. The molecular formula is C15H18F3NO5S. The predicted molar refractivity (Wildman–Crippen MR) is 81.7 cm³/mol. The van der Waals surface area contributed by atoms with E-state index in [1.54, 1.807) is 0 Å². The Morgan fingerprint density at radius 3 is 2.48 bits per heavy atom. The molecule has 0 unspecified atom stereocenters. The molecule has 1 aliphatic heterocycles. The molecule has 1 fully saturated rings. The highest BCUT2D eigenvalue weighted by Crippen LogP contribution is 2.36. The van der Waals surface area contributed by atoms with Crippen LogP contribution in [0.3, 0.4) is 0 Å². The largest absolute Gasteiger partial charge is 0.497 e. The number of carboxylic acid groups (broad SMARTS) is 1. The molecule has 1 aromatic rings. The molecule has 1 aromatic carbocycles. The molecule has 10 heteroatoms. The zero-order valence-corrected chi connectivity index (χ0v) is 14.4. The molecule has 140 valence electrons. The van der Waals surface area contributed by atoms with Crippen molar-refractivity contribution in [3.8, 4) is 5.75 Å². The summed E-state index contributed by atoms with van der Waals surface area (Å²) in [6.07, 6.45) is -4.11. The third-order valence-corrected chi connectivity index (χ3v) is 6.26. The minimum absolute atomic E-state index is 0.0475. The van der Waals surface area contributed by atoms with Crippen LogP contribution in [0.4, 0.5) is 13.2 Å². The minimum Gasteiger partial charge on any atom is -0.497 e. The Hall–Kier alpha value is -1.81. The number of benzene rings is 1. The Balaban J connectivity index is 2.50. The molecule has 1 saturated heterocycles. The fraction of sp³-hybridized carbons (Fsp3) is 0.533. The summed E-state index contributed by atoms with van der Waals surface area (Å²) in [5, 5.41) is 9.21. The second-order valence-electron chi connectivity index (χ2n) is 5.84. The number of alkyl halides is 3. The van der Waals surface area contributed by atoms with E-state index in [0.717, 1.165) is 17.5 Å². The van der Waals surface area contributed by atoms with Crippen molar-refractivity contribution in [2.24, 2.45) is 5.92 Å². The van der Waals surface area contributed by atoms with E-state index >= 15 is 0 Å². The third kappa shape index (κ3) is 3.90. The van der Waals surface area contributed by atoms with Gasteiger partial charge in [0.2, 0.25) is 10.0 Å². The van der Waals surface area contributed by atoms with Crippen molar-refractivity contribution in [1.82, 2.24) is 4.31 Å². The number of carbonyl (C=O) groups is 1. The van der Waals surface area contributed by atoms with E-state index in [1.165, 1.54) is 6.92 Å². The fourth-order valence-electron chi connectivity index (χ4n) is 2.92. The van der Waals surface area contributed by atoms with Gasteiger partial charge in [0.25, 0.3) is 0 Å². The van der Waals surface area contributed by atoms with Crippen molar-refractivity contribution in [3.63, 3.8) is 0 Å². The summed E-state index contributed by atoms with van der Waals surface area (Å²) < 4.78 is 70.4. The topological polar surface area (TPSA) is 83.9 Å². The molecule has 0 radical (unpaired) electrons. The number of rotatable bonds is 4. The molecule has 0 aliphatic carbocycles. The number of methoxy groups -OCH3 is 1. The summed E-state index contributed by atoms with van der Waals surface area (Å²) in [5.41, 5.74) is -1.15. The van der Waals surface area contributed by atoms with E-state index in [2.05, 4.69) is 0 Å². The van der Waals surface area contributed by atoms with Gasteiger partial charge < -0.3 is 9.84 Å². The molecule has 1 aliphatic rings. The highest BCUT2D eigenvalue weighted by molar-refractivity contribution is 7.89. The molecule has 2 atom stereocenters. The van der Waals surface area contributed by atoms with Crippen molar-refractivity contribution in [1.29, 1.82) is 0 Å². The van der Waals surface area contributed by atoms with Gasteiger partial charge in [0.05, 0.1) is 23.5 Å². The average molecular weight is 381 g/mol. The third-order valence-electron chi connectivity index (χ3n) is 4.30. The van der Waals surface area contributed by atoms with Crippen LogP contribution in [0.15, 0.2) is 23.1 Å². The summed E-state index contributed by atoms with van der Waals surface area (Å²) >= 11 is 0. The molecule has 6 nitrogen and oxygen atoms in total. The van der Waals surface area contributed by atoms with E-state index in [4.69, 9.17) is 4.74 Å². The van der Waals surface area contributed by atoms with E-state index in [0.29, 0.717) is 25.0 Å². The lowest BCUT2D eigenvalue weighted by molar-refractivity contribution is -0.144. The maximum Gasteiger partial charge on any atom is 0.416 e. The first kappa shape index (κ1) is 19.5. The van der Waals surface area contributed by atoms with Gasteiger partial charge in [-0.25, -0.2) is 8.42 Å². The molecule has 1 heterocycles. The molecule has 0 spiro atoms. The van der Waals surface area contributed by atoms with Crippen molar-refractivity contribution in [3.05, 3.63) is 23.8 Å². The van der Waals surface area contributed by atoms with Crippen molar-refractivity contribution in [2.45, 2.75) is 36.9 Å². The van der Waals surface area contributed by atoms with Crippen LogP contribution in [-0.2, 0) is 21.0 Å². The number of carboxylic acids is 1. The maximum atomic E-state index is 13.0. The molecule has 25 heavy (non-hydrogen) atoms. The van der Waals surface area contributed by atoms with Gasteiger partial charge in [-0.1, -0.05) is 0 Å². The van der Waals surface area contributed by atoms with Crippen molar-refractivity contribution >= 4 is 16.0 Å². The van der Waals surface area contributed by atoms with Gasteiger partial charge in [-0.3, -0.25) is 4.79 Å². The van der Waals surface area contributed by atoms with Crippen LogP contribution in [0, 0.1) is 5.92 Å². The smallest absolute Gasteiger partial charge is 0.416 e. The van der Waals surface area contributed by atoms with Crippen LogP contribution < -0.4 is 4.74 Å². The van der Waals surface area contributed by atoms with Crippen LogP contribution in [0.1, 0.15) is 25.3 Å². The first-order valence-electron chi connectivity index (χ1n) is 7.49. The van der Waals surface area contributed by atoms with Crippen LogP contribution >= 0.6 is 0 Å². The van der Waals surface area contributed by atoms with Gasteiger partial charge >= 0.3 is 12.1 Å². The average Bonchev–Trinajstić information content (AvgIpc) is 2.53. The molecule has 0 amide bonds. The Labute approximate surface area is 143 Å². The van der Waals surface area contributed by atoms with E-state index in [-0.39, 0.29) is 12.3 Å². The van der Waals surface area contributed by atoms with Gasteiger partial charge in [0.1, 0.15) is 5.75 Å². The Bertz CT molecular complexity index is 763. The van der Waals surface area contributed by atoms with Gasteiger partial charge in [0, 0.05) is 18.7 Å². The fourth-order valence-corrected chi connectivity index (χ4v) is 4.68. The Morgan fingerprint density at radius 1 is 1.32 bits per heavy atom. The number of piperidine rings is 1. The Kier molecular flexibility index (Phi) is 5.33. The quantitative estimate of drug-likeness (QED) is 0.867. The molecule has 0 aromatic heterocycles. The Morgan fingerprint density at radius 2 is 1.96 bits per heavy atom. The van der Waals surface area contributed by atoms with E-state index < -0.39 is 44.6 Å². The first-order chi connectivity index (χ1) is 11.5. The second kappa shape index (κ2) is 6.83. The van der Waals surface area contributed by atoms with Crippen molar-refractivity contribution < 1.29 is 36.2 Å². The van der Waals surface area contributed by atoms with Crippen LogP contribution in [-0.4, -0.2) is 43.5 Å². The number of halogens is 3. The number of hydrogen-bond acceptors (Lipinski definition) is 4. The van der Waals surface area contributed by atoms with Crippen LogP contribution in [0.5, 0.6) is 5.75 Å². The van der Waals surface area contributed by atoms with E-state index in [9.17, 15) is 31.5 Å². The molecule has 0 saturated carbocycles.